The molecule has 47 heavy (non-hydrogen) atoms. The molecule has 0 bridgehead atoms. The van der Waals surface area contributed by atoms with Crippen LogP contribution < -0.4 is 4.74 Å². The summed E-state index contributed by atoms with van der Waals surface area (Å²) in [7, 11) is -2.26. The predicted octanol–water partition coefficient (Wildman–Crippen LogP) is 8.22. The Morgan fingerprint density at radius 3 is 1.89 bits per heavy atom. The van der Waals surface area contributed by atoms with Crippen LogP contribution in [0.25, 0.3) is 11.1 Å². The third kappa shape index (κ3) is 9.20. The van der Waals surface area contributed by atoms with Gasteiger partial charge in [-0.25, -0.2) is 13.2 Å². The molecule has 4 aromatic rings. The van der Waals surface area contributed by atoms with Crippen molar-refractivity contribution >= 4 is 16.1 Å². The lowest BCUT2D eigenvalue weighted by atomic mass is 9.94. The molecule has 0 N–H and O–H groups in total. The van der Waals surface area contributed by atoms with Gasteiger partial charge in [-0.1, -0.05) is 73.9 Å². The summed E-state index contributed by atoms with van der Waals surface area (Å²) in [6.45, 7) is 6.61. The fourth-order valence-electron chi connectivity index (χ4n) is 5.88. The fourth-order valence-corrected chi connectivity index (χ4v) is 7.30. The van der Waals surface area contributed by atoms with Gasteiger partial charge in [0, 0.05) is 38.1 Å². The Morgan fingerprint density at radius 2 is 1.36 bits per heavy atom. The Morgan fingerprint density at radius 1 is 0.787 bits per heavy atom. The first-order valence-electron chi connectivity index (χ1n) is 16.2. The molecule has 1 aliphatic rings. The van der Waals surface area contributed by atoms with E-state index >= 15 is 0 Å². The number of methoxy groups -OCH3 is 1. The molecule has 1 heterocycles. The van der Waals surface area contributed by atoms with Crippen LogP contribution in [-0.4, -0.2) is 47.5 Å². The number of pyridine rings is 1. The molecule has 1 fully saturated rings. The van der Waals surface area contributed by atoms with Crippen LogP contribution in [0.4, 0.5) is 4.79 Å². The van der Waals surface area contributed by atoms with Crippen LogP contribution in [0.2, 0.25) is 0 Å². The van der Waals surface area contributed by atoms with Gasteiger partial charge in [-0.2, -0.15) is 4.31 Å². The van der Waals surface area contributed by atoms with Crippen molar-refractivity contribution in [3.05, 3.63) is 114 Å². The average molecular weight is 656 g/mol. The maximum absolute atomic E-state index is 13.8. The zero-order chi connectivity index (χ0) is 33.4. The topological polar surface area (TPSA) is 89.0 Å². The molecule has 0 saturated heterocycles. The first-order valence-corrected chi connectivity index (χ1v) is 17.7. The van der Waals surface area contributed by atoms with Gasteiger partial charge in [-0.15, -0.1) is 0 Å². The van der Waals surface area contributed by atoms with Crippen molar-refractivity contribution in [3.8, 4) is 16.9 Å². The van der Waals surface area contributed by atoms with Crippen LogP contribution >= 0.6 is 0 Å². The van der Waals surface area contributed by atoms with Crippen molar-refractivity contribution in [1.82, 2.24) is 14.2 Å². The lowest BCUT2D eigenvalue weighted by Crippen LogP contribution is -2.43. The Bertz CT molecular complexity index is 1700. The first-order chi connectivity index (χ1) is 22.5. The second-order valence-corrected chi connectivity index (χ2v) is 15.0. The molecule has 0 unspecified atom stereocenters. The smallest absolute Gasteiger partial charge is 0.410 e. The second-order valence-electron chi connectivity index (χ2n) is 13.1. The van der Waals surface area contributed by atoms with E-state index in [-0.39, 0.29) is 30.1 Å². The largest absolute Gasteiger partial charge is 0.497 e. The number of amides is 1. The summed E-state index contributed by atoms with van der Waals surface area (Å²) < 4.78 is 40.0. The molecule has 248 valence electrons. The molecule has 3 aromatic carbocycles. The van der Waals surface area contributed by atoms with E-state index in [4.69, 9.17) is 9.47 Å². The number of carbonyl (C=O) groups excluding carboxylic acids is 1. The molecule has 0 aliphatic heterocycles. The van der Waals surface area contributed by atoms with Gasteiger partial charge in [0.05, 0.1) is 12.0 Å². The van der Waals surface area contributed by atoms with Gasteiger partial charge in [0.1, 0.15) is 11.4 Å². The lowest BCUT2D eigenvalue weighted by Gasteiger charge is -2.35. The van der Waals surface area contributed by atoms with E-state index < -0.39 is 15.6 Å². The summed E-state index contributed by atoms with van der Waals surface area (Å²) in [6.07, 6.45) is 8.59. The summed E-state index contributed by atoms with van der Waals surface area (Å²) in [6, 6.07) is 26.6. The number of aromatic nitrogens is 1. The van der Waals surface area contributed by atoms with Gasteiger partial charge in [0.25, 0.3) is 0 Å². The maximum Gasteiger partial charge on any atom is 0.410 e. The SMILES string of the molecule is COc1ccc(S(=O)(=O)N(Cc2ccc(-c3ccc(CN(C(=O)OC(C)(C)C)C4CCCCC4)cc3)cc2)Cc2cccnc2)cc1. The molecule has 0 radical (unpaired) electrons. The van der Waals surface area contributed by atoms with Crippen molar-refractivity contribution in [3.63, 3.8) is 0 Å². The highest BCUT2D eigenvalue weighted by Crippen LogP contribution is 2.28. The molecular weight excluding hydrogens is 611 g/mol. The highest BCUT2D eigenvalue weighted by Gasteiger charge is 2.30. The Balaban J connectivity index is 1.31. The standard InChI is InChI=1S/C38H45N3O5S/c1-38(2,3)46-37(42)41(34-10-6-5-7-11-34)28-30-14-18-33(19-15-30)32-16-12-29(13-17-32)26-40(27-31-9-8-24-39-25-31)47(43,44)36-22-20-35(45-4)21-23-36/h8-9,12-25,34H,5-7,10-11,26-28H2,1-4H3. The van der Waals surface area contributed by atoms with Crippen molar-refractivity contribution < 1.29 is 22.7 Å². The molecule has 8 nitrogen and oxygen atoms in total. The van der Waals surface area contributed by atoms with E-state index in [2.05, 4.69) is 29.2 Å². The zero-order valence-corrected chi connectivity index (χ0v) is 28.6. The van der Waals surface area contributed by atoms with Crippen molar-refractivity contribution in [2.45, 2.75) is 89.0 Å². The average Bonchev–Trinajstić information content (AvgIpc) is 3.07. The van der Waals surface area contributed by atoms with Gasteiger partial charge in [-0.3, -0.25) is 4.98 Å². The van der Waals surface area contributed by atoms with Crippen LogP contribution in [0, 0.1) is 0 Å². The number of ether oxygens (including phenoxy) is 2. The maximum atomic E-state index is 13.8. The Hall–Kier alpha value is -4.21. The number of carbonyl (C=O) groups is 1. The molecule has 1 aliphatic carbocycles. The highest BCUT2D eigenvalue weighted by molar-refractivity contribution is 7.89. The van der Waals surface area contributed by atoms with Crippen LogP contribution in [0.5, 0.6) is 5.75 Å². The molecule has 0 atom stereocenters. The quantitative estimate of drug-likeness (QED) is 0.162. The van der Waals surface area contributed by atoms with Crippen molar-refractivity contribution in [2.75, 3.05) is 7.11 Å². The summed E-state index contributed by atoms with van der Waals surface area (Å²) in [5.74, 6) is 0.593. The predicted molar refractivity (Wildman–Crippen MR) is 184 cm³/mol. The monoisotopic (exact) mass is 655 g/mol. The number of hydrogen-bond donors (Lipinski definition) is 0. The lowest BCUT2D eigenvalue weighted by molar-refractivity contribution is 0.00988. The van der Waals surface area contributed by atoms with Gasteiger partial charge >= 0.3 is 6.09 Å². The summed E-state index contributed by atoms with van der Waals surface area (Å²) in [5, 5.41) is 0. The summed E-state index contributed by atoms with van der Waals surface area (Å²) in [4.78, 5) is 19.5. The molecule has 0 spiro atoms. The Kier molecular flexibility index (Phi) is 11.0. The van der Waals surface area contributed by atoms with Crippen molar-refractivity contribution in [2.24, 2.45) is 0 Å². The molecular formula is C38H45N3O5S. The van der Waals surface area contributed by atoms with E-state index in [1.807, 2.05) is 56.0 Å². The molecule has 9 heteroatoms. The van der Waals surface area contributed by atoms with E-state index in [0.29, 0.717) is 12.3 Å². The minimum absolute atomic E-state index is 0.187. The van der Waals surface area contributed by atoms with E-state index in [0.717, 1.165) is 53.5 Å². The fraction of sp³-hybridized carbons (Fsp3) is 0.368. The van der Waals surface area contributed by atoms with Crippen LogP contribution in [-0.2, 0) is 34.4 Å². The van der Waals surface area contributed by atoms with Crippen LogP contribution in [0.3, 0.4) is 0 Å². The van der Waals surface area contributed by atoms with Crippen LogP contribution in [0.1, 0.15) is 69.6 Å². The summed E-state index contributed by atoms with van der Waals surface area (Å²) >= 11 is 0. The van der Waals surface area contributed by atoms with Gasteiger partial charge in [0.2, 0.25) is 10.0 Å². The van der Waals surface area contributed by atoms with Crippen LogP contribution in [0.15, 0.2) is 102 Å². The van der Waals surface area contributed by atoms with E-state index in [1.54, 1.807) is 49.8 Å². The normalized spacial score (nSPS) is 14.1. The number of hydrogen-bond acceptors (Lipinski definition) is 6. The highest BCUT2D eigenvalue weighted by atomic mass is 32.2. The zero-order valence-electron chi connectivity index (χ0n) is 27.8. The van der Waals surface area contributed by atoms with Gasteiger partial charge in [-0.05, 0) is 91.8 Å². The molecule has 5 rings (SSSR count). The summed E-state index contributed by atoms with van der Waals surface area (Å²) in [5.41, 5.74) is 4.24. The third-order valence-electron chi connectivity index (χ3n) is 8.38. The molecule has 1 aromatic heterocycles. The number of rotatable bonds is 11. The minimum Gasteiger partial charge on any atom is -0.497 e. The van der Waals surface area contributed by atoms with Gasteiger partial charge in [0.15, 0.2) is 0 Å². The second kappa shape index (κ2) is 15.1. The molecule has 1 amide bonds. The third-order valence-corrected chi connectivity index (χ3v) is 10.2. The van der Waals surface area contributed by atoms with Gasteiger partial charge < -0.3 is 14.4 Å². The minimum atomic E-state index is -3.81. The number of sulfonamides is 1. The first kappa shape index (κ1) is 34.1. The molecule has 1 saturated carbocycles. The van der Waals surface area contributed by atoms with E-state index in [9.17, 15) is 13.2 Å². The Labute approximate surface area is 279 Å². The number of benzene rings is 3. The number of nitrogens with zero attached hydrogens (tertiary/aromatic N) is 3. The van der Waals surface area contributed by atoms with Crippen molar-refractivity contribution in [1.29, 1.82) is 0 Å². The van der Waals surface area contributed by atoms with E-state index in [1.165, 1.54) is 10.7 Å².